The van der Waals surface area contributed by atoms with Crippen LogP contribution in [0.4, 0.5) is 0 Å². The molecule has 0 aliphatic carbocycles. The Bertz CT molecular complexity index is 466. The molecular weight excluding hydrogens is 228 g/mol. The summed E-state index contributed by atoms with van der Waals surface area (Å²) >= 11 is 0. The van der Waals surface area contributed by atoms with Gasteiger partial charge in [-0.1, -0.05) is 13.8 Å². The third-order valence-corrected chi connectivity index (χ3v) is 3.56. The minimum absolute atomic E-state index is 0.0272. The molecule has 0 unspecified atom stereocenters. The number of likely N-dealkylation sites (tertiary alicyclic amines) is 1. The number of rotatable bonds is 3. The molecule has 2 N–H and O–H groups in total. The molecule has 2 heterocycles. The average molecular weight is 248 g/mol. The summed E-state index contributed by atoms with van der Waals surface area (Å²) < 4.78 is 0. The van der Waals surface area contributed by atoms with Gasteiger partial charge in [-0.05, 0) is 25.8 Å². The molecule has 0 atom stereocenters. The molecule has 0 spiro atoms. The molecule has 1 saturated heterocycles. The van der Waals surface area contributed by atoms with E-state index in [0.29, 0.717) is 25.1 Å². The van der Waals surface area contributed by atoms with Gasteiger partial charge >= 0.3 is 0 Å². The zero-order chi connectivity index (χ0) is 13.3. The lowest BCUT2D eigenvalue weighted by molar-refractivity contribution is 0.0399. The van der Waals surface area contributed by atoms with E-state index < -0.39 is 0 Å². The Hall–Kier alpha value is -1.49. The average Bonchev–Trinajstić information content (AvgIpc) is 2.34. The molecule has 0 radical (unpaired) electrons. The minimum Gasteiger partial charge on any atom is -0.335 e. The Labute approximate surface area is 107 Å². The second-order valence-corrected chi connectivity index (χ2v) is 5.08. The van der Waals surface area contributed by atoms with Crippen molar-refractivity contribution in [2.75, 3.05) is 13.1 Å². The van der Waals surface area contributed by atoms with Crippen LogP contribution < -0.4 is 5.73 Å². The van der Waals surface area contributed by atoms with Crippen LogP contribution in [0.2, 0.25) is 0 Å². The molecule has 2 rings (SSSR count). The minimum atomic E-state index is -0.197. The van der Waals surface area contributed by atoms with E-state index in [0.717, 1.165) is 17.8 Å². The molecule has 1 fully saturated rings. The smallest absolute Gasteiger partial charge is 0.255 e. The first-order valence-corrected chi connectivity index (χ1v) is 6.40. The van der Waals surface area contributed by atoms with Crippen molar-refractivity contribution >= 4 is 5.91 Å². The quantitative estimate of drug-likeness (QED) is 0.863. The maximum absolute atomic E-state index is 12.4. The molecule has 0 bridgehead atoms. The van der Waals surface area contributed by atoms with E-state index in [2.05, 4.69) is 17.1 Å². The van der Waals surface area contributed by atoms with Gasteiger partial charge in [-0.2, -0.15) is 10.2 Å². The molecule has 1 aliphatic rings. The number of aryl methyl sites for hydroxylation is 2. The van der Waals surface area contributed by atoms with Crippen molar-refractivity contribution in [2.24, 2.45) is 5.73 Å². The normalized spacial score (nSPS) is 17.4. The van der Waals surface area contributed by atoms with Crippen LogP contribution in [0.1, 0.15) is 42.0 Å². The van der Waals surface area contributed by atoms with Crippen molar-refractivity contribution in [1.82, 2.24) is 15.1 Å². The molecule has 1 aromatic heterocycles. The summed E-state index contributed by atoms with van der Waals surface area (Å²) in [6.07, 6.45) is 1.61. The summed E-state index contributed by atoms with van der Waals surface area (Å²) in [5, 5.41) is 8.08. The van der Waals surface area contributed by atoms with Crippen LogP contribution in [0, 0.1) is 6.92 Å². The fraction of sp³-hybridized carbons (Fsp3) is 0.615. The van der Waals surface area contributed by atoms with Crippen molar-refractivity contribution in [3.63, 3.8) is 0 Å². The second kappa shape index (κ2) is 4.65. The van der Waals surface area contributed by atoms with Crippen molar-refractivity contribution in [3.05, 3.63) is 23.0 Å². The van der Waals surface area contributed by atoms with Gasteiger partial charge in [0.25, 0.3) is 5.91 Å². The Morgan fingerprint density at radius 2 is 2.11 bits per heavy atom. The topological polar surface area (TPSA) is 72.1 Å². The number of aromatic nitrogens is 2. The molecule has 0 aromatic carbocycles. The van der Waals surface area contributed by atoms with E-state index in [-0.39, 0.29) is 11.4 Å². The van der Waals surface area contributed by atoms with Crippen LogP contribution in [0.5, 0.6) is 0 Å². The summed E-state index contributed by atoms with van der Waals surface area (Å²) in [7, 11) is 0. The second-order valence-electron chi connectivity index (χ2n) is 5.08. The highest BCUT2D eigenvalue weighted by molar-refractivity contribution is 5.96. The van der Waals surface area contributed by atoms with Gasteiger partial charge in [-0.3, -0.25) is 4.79 Å². The Morgan fingerprint density at radius 1 is 1.44 bits per heavy atom. The maximum atomic E-state index is 12.4. The van der Waals surface area contributed by atoms with Gasteiger partial charge in [-0.25, -0.2) is 0 Å². The van der Waals surface area contributed by atoms with Gasteiger partial charge in [-0.15, -0.1) is 0 Å². The molecule has 0 saturated carbocycles. The predicted octanol–water partition coefficient (Wildman–Crippen LogP) is 0.911. The van der Waals surface area contributed by atoms with Gasteiger partial charge < -0.3 is 10.6 Å². The molecule has 98 valence electrons. The van der Waals surface area contributed by atoms with Crippen molar-refractivity contribution < 1.29 is 4.79 Å². The first-order valence-electron chi connectivity index (χ1n) is 6.40. The molecule has 5 nitrogen and oxygen atoms in total. The van der Waals surface area contributed by atoms with Crippen LogP contribution in [0.25, 0.3) is 0 Å². The van der Waals surface area contributed by atoms with E-state index in [1.807, 2.05) is 19.9 Å². The Balaban J connectivity index is 2.18. The monoisotopic (exact) mass is 248 g/mol. The molecular formula is C13H20N4O. The summed E-state index contributed by atoms with van der Waals surface area (Å²) in [5.74, 6) is 0.0272. The van der Waals surface area contributed by atoms with Crippen LogP contribution >= 0.6 is 0 Å². The van der Waals surface area contributed by atoms with Crippen molar-refractivity contribution in [1.29, 1.82) is 0 Å². The largest absolute Gasteiger partial charge is 0.335 e. The van der Waals surface area contributed by atoms with E-state index in [9.17, 15) is 4.79 Å². The number of amides is 1. The number of nitrogens with two attached hydrogens (primary N) is 1. The third kappa shape index (κ3) is 2.22. The number of hydrogen-bond acceptors (Lipinski definition) is 4. The lowest BCUT2D eigenvalue weighted by atomic mass is 9.87. The number of nitrogens with zero attached hydrogens (tertiary/aromatic N) is 3. The molecule has 1 aliphatic heterocycles. The van der Waals surface area contributed by atoms with Crippen molar-refractivity contribution in [3.8, 4) is 0 Å². The van der Waals surface area contributed by atoms with Crippen LogP contribution in [-0.2, 0) is 6.42 Å². The standard InChI is InChI=1S/C13H20N4O/c1-4-11-10(6-9(3)15-16-11)12(18)17-7-13(14,5-2)8-17/h6H,4-5,7-8,14H2,1-3H3. The first-order chi connectivity index (χ1) is 8.49. The van der Waals surface area contributed by atoms with Crippen LogP contribution in [0.3, 0.4) is 0 Å². The highest BCUT2D eigenvalue weighted by Crippen LogP contribution is 2.24. The van der Waals surface area contributed by atoms with Crippen LogP contribution in [-0.4, -0.2) is 39.6 Å². The summed E-state index contributed by atoms with van der Waals surface area (Å²) in [4.78, 5) is 14.2. The van der Waals surface area contributed by atoms with E-state index in [4.69, 9.17) is 5.73 Å². The van der Waals surface area contributed by atoms with E-state index in [1.54, 1.807) is 4.90 Å². The lowest BCUT2D eigenvalue weighted by Crippen LogP contribution is -2.68. The maximum Gasteiger partial charge on any atom is 0.255 e. The van der Waals surface area contributed by atoms with Crippen LogP contribution in [0.15, 0.2) is 6.07 Å². The van der Waals surface area contributed by atoms with Gasteiger partial charge in [0.15, 0.2) is 0 Å². The molecule has 5 heteroatoms. The van der Waals surface area contributed by atoms with Gasteiger partial charge in [0.2, 0.25) is 0 Å². The molecule has 1 amide bonds. The first kappa shape index (κ1) is 13.0. The van der Waals surface area contributed by atoms with Crippen molar-refractivity contribution in [2.45, 2.75) is 39.2 Å². The summed E-state index contributed by atoms with van der Waals surface area (Å²) in [6, 6.07) is 1.82. The van der Waals surface area contributed by atoms with E-state index >= 15 is 0 Å². The number of hydrogen-bond donors (Lipinski definition) is 1. The fourth-order valence-electron chi connectivity index (χ4n) is 2.21. The zero-order valence-corrected chi connectivity index (χ0v) is 11.2. The summed E-state index contributed by atoms with van der Waals surface area (Å²) in [6.45, 7) is 7.14. The zero-order valence-electron chi connectivity index (χ0n) is 11.2. The lowest BCUT2D eigenvalue weighted by Gasteiger charge is -2.47. The predicted molar refractivity (Wildman–Crippen MR) is 69.3 cm³/mol. The van der Waals surface area contributed by atoms with E-state index in [1.165, 1.54) is 0 Å². The Kier molecular flexibility index (Phi) is 3.34. The fourth-order valence-corrected chi connectivity index (χ4v) is 2.21. The third-order valence-electron chi connectivity index (χ3n) is 3.56. The Morgan fingerprint density at radius 3 is 2.67 bits per heavy atom. The van der Waals surface area contributed by atoms with Gasteiger partial charge in [0, 0.05) is 13.1 Å². The van der Waals surface area contributed by atoms with Gasteiger partial charge in [0.1, 0.15) is 0 Å². The molecule has 18 heavy (non-hydrogen) atoms. The highest BCUT2D eigenvalue weighted by atomic mass is 16.2. The molecule has 1 aromatic rings. The SMILES string of the molecule is CCc1nnc(C)cc1C(=O)N1CC(N)(CC)C1. The van der Waals surface area contributed by atoms with Gasteiger partial charge in [0.05, 0.1) is 22.5 Å². The number of carbonyl (C=O) groups excluding carboxylic acids is 1. The number of carbonyl (C=O) groups is 1. The highest BCUT2D eigenvalue weighted by Gasteiger charge is 2.41. The summed E-state index contributed by atoms with van der Waals surface area (Å²) in [5.41, 5.74) is 8.09.